The monoisotopic (exact) mass is 327 g/mol. The van der Waals surface area contributed by atoms with Gasteiger partial charge in [0.2, 0.25) is 0 Å². The van der Waals surface area contributed by atoms with E-state index in [9.17, 15) is 5.11 Å². The molecule has 96 valence electrons. The molecule has 2 aromatic rings. The fourth-order valence-electron chi connectivity index (χ4n) is 1.70. The molecule has 1 aromatic carbocycles. The van der Waals surface area contributed by atoms with Gasteiger partial charge in [0.15, 0.2) is 4.60 Å². The molecule has 0 saturated carbocycles. The van der Waals surface area contributed by atoms with Gasteiger partial charge in [-0.1, -0.05) is 24.3 Å². The molecule has 0 spiro atoms. The summed E-state index contributed by atoms with van der Waals surface area (Å²) < 4.78 is 2.15. The zero-order valence-electron chi connectivity index (χ0n) is 10.2. The van der Waals surface area contributed by atoms with Crippen LogP contribution in [0.2, 0.25) is 0 Å². The SMILES string of the molecule is CCSc1ccc(C(O)c2c(Br)nnn2C)cc1. The van der Waals surface area contributed by atoms with Crippen molar-refractivity contribution < 1.29 is 5.11 Å². The topological polar surface area (TPSA) is 50.9 Å². The number of aryl methyl sites for hydroxylation is 1. The Kier molecular flexibility index (Phi) is 4.42. The molecule has 1 aromatic heterocycles. The van der Waals surface area contributed by atoms with Crippen LogP contribution in [0.15, 0.2) is 33.8 Å². The lowest BCUT2D eigenvalue weighted by Gasteiger charge is -2.11. The maximum atomic E-state index is 10.3. The average molecular weight is 328 g/mol. The molecule has 1 N–H and O–H groups in total. The number of nitrogens with zero attached hydrogens (tertiary/aromatic N) is 3. The Bertz CT molecular complexity index is 507. The molecule has 0 saturated heterocycles. The molecule has 18 heavy (non-hydrogen) atoms. The first kappa shape index (κ1) is 13.6. The molecular formula is C12H14BrN3OS. The van der Waals surface area contributed by atoms with Crippen LogP contribution in [0, 0.1) is 0 Å². The molecule has 0 aliphatic carbocycles. The van der Waals surface area contributed by atoms with Crippen LogP contribution >= 0.6 is 27.7 Å². The minimum Gasteiger partial charge on any atom is -0.382 e. The van der Waals surface area contributed by atoms with Crippen LogP contribution < -0.4 is 0 Å². The summed E-state index contributed by atoms with van der Waals surface area (Å²) in [6.45, 7) is 2.12. The summed E-state index contributed by atoms with van der Waals surface area (Å²) in [4.78, 5) is 1.20. The number of thioether (sulfide) groups is 1. The average Bonchev–Trinajstić information content (AvgIpc) is 2.70. The van der Waals surface area contributed by atoms with E-state index in [0.717, 1.165) is 11.3 Å². The second-order valence-corrected chi connectivity index (χ2v) is 5.88. The third kappa shape index (κ3) is 2.76. The van der Waals surface area contributed by atoms with Crippen LogP contribution in [0.5, 0.6) is 0 Å². The van der Waals surface area contributed by atoms with Gasteiger partial charge < -0.3 is 5.11 Å². The van der Waals surface area contributed by atoms with Crippen LogP contribution in [0.3, 0.4) is 0 Å². The minimum absolute atomic E-state index is 0.574. The molecule has 1 unspecified atom stereocenters. The molecule has 0 aliphatic rings. The van der Waals surface area contributed by atoms with Gasteiger partial charge in [0.05, 0.1) is 0 Å². The van der Waals surface area contributed by atoms with E-state index in [1.54, 1.807) is 23.5 Å². The van der Waals surface area contributed by atoms with Gasteiger partial charge in [0.1, 0.15) is 11.8 Å². The number of hydrogen-bond acceptors (Lipinski definition) is 4. The third-order valence-corrected chi connectivity index (χ3v) is 4.05. The van der Waals surface area contributed by atoms with E-state index >= 15 is 0 Å². The number of aliphatic hydroxyl groups excluding tert-OH is 1. The lowest BCUT2D eigenvalue weighted by molar-refractivity contribution is 0.209. The Morgan fingerprint density at radius 1 is 1.39 bits per heavy atom. The Morgan fingerprint density at radius 3 is 2.56 bits per heavy atom. The number of benzene rings is 1. The molecule has 0 fully saturated rings. The Labute approximate surface area is 119 Å². The molecular weight excluding hydrogens is 314 g/mol. The highest BCUT2D eigenvalue weighted by molar-refractivity contribution is 9.10. The van der Waals surface area contributed by atoms with Crippen LogP contribution in [0.4, 0.5) is 0 Å². The van der Waals surface area contributed by atoms with Crippen LogP contribution in [-0.2, 0) is 7.05 Å². The number of hydrogen-bond donors (Lipinski definition) is 1. The van der Waals surface area contributed by atoms with E-state index in [-0.39, 0.29) is 0 Å². The molecule has 1 atom stereocenters. The molecule has 4 nitrogen and oxygen atoms in total. The summed E-state index contributed by atoms with van der Waals surface area (Å²) in [6.07, 6.45) is -0.722. The molecule has 0 bridgehead atoms. The van der Waals surface area contributed by atoms with Gasteiger partial charge in [-0.2, -0.15) is 0 Å². The van der Waals surface area contributed by atoms with Crippen molar-refractivity contribution >= 4 is 27.7 Å². The molecule has 0 amide bonds. The lowest BCUT2D eigenvalue weighted by Crippen LogP contribution is -2.07. The van der Waals surface area contributed by atoms with E-state index in [1.807, 2.05) is 24.3 Å². The first-order valence-corrected chi connectivity index (χ1v) is 7.37. The first-order valence-electron chi connectivity index (χ1n) is 5.59. The number of rotatable bonds is 4. The highest BCUT2D eigenvalue weighted by Crippen LogP contribution is 2.28. The van der Waals surface area contributed by atoms with Gasteiger partial charge in [0, 0.05) is 11.9 Å². The maximum absolute atomic E-state index is 10.3. The van der Waals surface area contributed by atoms with Gasteiger partial charge >= 0.3 is 0 Å². The van der Waals surface area contributed by atoms with Gasteiger partial charge in [-0.25, -0.2) is 4.68 Å². The molecule has 0 aliphatic heterocycles. The largest absolute Gasteiger partial charge is 0.382 e. The predicted octanol–water partition coefficient (Wildman–Crippen LogP) is 2.77. The Morgan fingerprint density at radius 2 is 2.06 bits per heavy atom. The maximum Gasteiger partial charge on any atom is 0.154 e. The number of aromatic nitrogens is 3. The Balaban J connectivity index is 2.26. The number of halogens is 1. The fraction of sp³-hybridized carbons (Fsp3) is 0.333. The van der Waals surface area contributed by atoms with Crippen molar-refractivity contribution in [1.82, 2.24) is 15.0 Å². The summed E-state index contributed by atoms with van der Waals surface area (Å²) in [5.41, 5.74) is 1.49. The first-order chi connectivity index (χ1) is 8.63. The van der Waals surface area contributed by atoms with E-state index in [2.05, 4.69) is 33.2 Å². The third-order valence-electron chi connectivity index (χ3n) is 2.59. The van der Waals surface area contributed by atoms with Crippen molar-refractivity contribution in [2.75, 3.05) is 5.75 Å². The standard InChI is InChI=1S/C12H14BrN3OS/c1-3-18-9-6-4-8(5-7-9)11(17)10-12(13)14-15-16(10)2/h4-7,11,17H,3H2,1-2H3. The molecule has 6 heteroatoms. The summed E-state index contributed by atoms with van der Waals surface area (Å²) in [6, 6.07) is 7.90. The second-order valence-electron chi connectivity index (χ2n) is 3.79. The summed E-state index contributed by atoms with van der Waals surface area (Å²) in [5, 5.41) is 18.1. The highest BCUT2D eigenvalue weighted by atomic mass is 79.9. The zero-order valence-corrected chi connectivity index (χ0v) is 12.6. The van der Waals surface area contributed by atoms with Crippen LogP contribution in [-0.4, -0.2) is 25.9 Å². The van der Waals surface area contributed by atoms with Crippen molar-refractivity contribution in [3.05, 3.63) is 40.1 Å². The van der Waals surface area contributed by atoms with E-state index in [4.69, 9.17) is 0 Å². The van der Waals surface area contributed by atoms with Crippen LogP contribution in [0.1, 0.15) is 24.3 Å². The highest BCUT2D eigenvalue weighted by Gasteiger charge is 2.19. The van der Waals surface area contributed by atoms with Gasteiger partial charge in [-0.3, -0.25) is 0 Å². The minimum atomic E-state index is -0.722. The molecule has 2 rings (SSSR count). The summed E-state index contributed by atoms with van der Waals surface area (Å²) in [7, 11) is 1.76. The van der Waals surface area contributed by atoms with Crippen molar-refractivity contribution in [3.8, 4) is 0 Å². The second kappa shape index (κ2) is 5.86. The Hall–Kier alpha value is -0.850. The molecule has 0 radical (unpaired) electrons. The smallest absolute Gasteiger partial charge is 0.154 e. The van der Waals surface area contributed by atoms with Gasteiger partial charge in [-0.05, 0) is 39.4 Å². The number of aliphatic hydroxyl groups is 1. The van der Waals surface area contributed by atoms with E-state index in [0.29, 0.717) is 10.3 Å². The van der Waals surface area contributed by atoms with Crippen molar-refractivity contribution in [1.29, 1.82) is 0 Å². The summed E-state index contributed by atoms with van der Waals surface area (Å²) >= 11 is 5.07. The normalized spacial score (nSPS) is 12.7. The lowest BCUT2D eigenvalue weighted by atomic mass is 10.1. The quantitative estimate of drug-likeness (QED) is 0.877. The van der Waals surface area contributed by atoms with Crippen molar-refractivity contribution in [2.24, 2.45) is 7.05 Å². The zero-order chi connectivity index (χ0) is 13.1. The fourth-order valence-corrected chi connectivity index (χ4v) is 2.91. The van der Waals surface area contributed by atoms with Crippen molar-refractivity contribution in [3.63, 3.8) is 0 Å². The summed E-state index contributed by atoms with van der Waals surface area (Å²) in [5.74, 6) is 1.04. The van der Waals surface area contributed by atoms with Gasteiger partial charge in [-0.15, -0.1) is 16.9 Å². The van der Waals surface area contributed by atoms with Crippen LogP contribution in [0.25, 0.3) is 0 Å². The van der Waals surface area contributed by atoms with E-state index in [1.165, 1.54) is 4.90 Å². The van der Waals surface area contributed by atoms with Gasteiger partial charge in [0.25, 0.3) is 0 Å². The van der Waals surface area contributed by atoms with Crippen molar-refractivity contribution in [2.45, 2.75) is 17.9 Å². The molecule has 1 heterocycles. The predicted molar refractivity (Wildman–Crippen MR) is 75.6 cm³/mol. The van der Waals surface area contributed by atoms with E-state index < -0.39 is 6.10 Å².